The molecule has 1 aromatic rings. The molecular formula is C16H25NO. The van der Waals surface area contributed by atoms with Crippen LogP contribution in [0.5, 0.6) is 0 Å². The SMILES string of the molecule is Cc1ccc(C)c(CC(C)(O)C2CCCNC2)c1. The predicted molar refractivity (Wildman–Crippen MR) is 75.8 cm³/mol. The first kappa shape index (κ1) is 13.6. The Balaban J connectivity index is 2.13. The van der Waals surface area contributed by atoms with Gasteiger partial charge in [0.2, 0.25) is 0 Å². The first-order chi connectivity index (χ1) is 8.49. The standard InChI is InChI=1S/C16H25NO/c1-12-6-7-13(2)14(9-12)10-16(3,18)15-5-4-8-17-11-15/h6-7,9,15,17-18H,4-5,8,10-11H2,1-3H3. The number of aliphatic hydroxyl groups is 1. The Labute approximate surface area is 110 Å². The average Bonchev–Trinajstić information content (AvgIpc) is 2.35. The highest BCUT2D eigenvalue weighted by Gasteiger charge is 2.33. The van der Waals surface area contributed by atoms with E-state index in [2.05, 4.69) is 37.4 Å². The molecule has 0 aromatic heterocycles. The molecule has 2 nitrogen and oxygen atoms in total. The van der Waals surface area contributed by atoms with Gasteiger partial charge in [-0.05, 0) is 51.3 Å². The van der Waals surface area contributed by atoms with Gasteiger partial charge in [-0.3, -0.25) is 0 Å². The van der Waals surface area contributed by atoms with Crippen molar-refractivity contribution in [2.24, 2.45) is 5.92 Å². The molecule has 0 aliphatic carbocycles. The molecule has 1 aromatic carbocycles. The van der Waals surface area contributed by atoms with Crippen molar-refractivity contribution in [1.82, 2.24) is 5.32 Å². The highest BCUT2D eigenvalue weighted by molar-refractivity contribution is 5.31. The maximum Gasteiger partial charge on any atom is 0.0700 e. The Hall–Kier alpha value is -0.860. The molecular weight excluding hydrogens is 222 g/mol. The second-order valence-electron chi connectivity index (χ2n) is 6.01. The van der Waals surface area contributed by atoms with Crippen LogP contribution in [0.1, 0.15) is 36.5 Å². The number of hydrogen-bond acceptors (Lipinski definition) is 2. The van der Waals surface area contributed by atoms with E-state index in [0.717, 1.165) is 25.9 Å². The largest absolute Gasteiger partial charge is 0.389 e. The van der Waals surface area contributed by atoms with E-state index in [1.54, 1.807) is 0 Å². The van der Waals surface area contributed by atoms with Crippen molar-refractivity contribution in [2.45, 2.75) is 45.6 Å². The highest BCUT2D eigenvalue weighted by atomic mass is 16.3. The Morgan fingerprint density at radius 2 is 2.17 bits per heavy atom. The van der Waals surface area contributed by atoms with Gasteiger partial charge in [-0.1, -0.05) is 23.8 Å². The third-order valence-electron chi connectivity index (χ3n) is 4.23. The quantitative estimate of drug-likeness (QED) is 0.860. The van der Waals surface area contributed by atoms with Crippen LogP contribution in [0.15, 0.2) is 18.2 Å². The van der Waals surface area contributed by atoms with E-state index in [1.807, 2.05) is 6.92 Å². The first-order valence-corrected chi connectivity index (χ1v) is 6.98. The smallest absolute Gasteiger partial charge is 0.0700 e. The molecule has 100 valence electrons. The summed E-state index contributed by atoms with van der Waals surface area (Å²) in [6.45, 7) is 8.27. The van der Waals surface area contributed by atoms with E-state index in [4.69, 9.17) is 0 Å². The van der Waals surface area contributed by atoms with Crippen LogP contribution in [0.4, 0.5) is 0 Å². The summed E-state index contributed by atoms with van der Waals surface area (Å²) >= 11 is 0. The number of nitrogens with one attached hydrogen (secondary N) is 1. The lowest BCUT2D eigenvalue weighted by atomic mass is 9.79. The van der Waals surface area contributed by atoms with Gasteiger partial charge in [0.25, 0.3) is 0 Å². The van der Waals surface area contributed by atoms with Crippen LogP contribution < -0.4 is 5.32 Å². The molecule has 2 atom stereocenters. The molecule has 2 N–H and O–H groups in total. The number of aryl methyl sites for hydroxylation is 2. The molecule has 2 heteroatoms. The van der Waals surface area contributed by atoms with E-state index in [1.165, 1.54) is 23.1 Å². The van der Waals surface area contributed by atoms with E-state index >= 15 is 0 Å². The fourth-order valence-electron chi connectivity index (χ4n) is 2.90. The van der Waals surface area contributed by atoms with Crippen LogP contribution in [0.2, 0.25) is 0 Å². The Morgan fingerprint density at radius 1 is 1.39 bits per heavy atom. The second-order valence-corrected chi connectivity index (χ2v) is 6.01. The fraction of sp³-hybridized carbons (Fsp3) is 0.625. The second kappa shape index (κ2) is 5.41. The van der Waals surface area contributed by atoms with Crippen molar-refractivity contribution in [3.8, 4) is 0 Å². The van der Waals surface area contributed by atoms with Gasteiger partial charge in [0.05, 0.1) is 5.60 Å². The van der Waals surface area contributed by atoms with Crippen LogP contribution in [0, 0.1) is 19.8 Å². The van der Waals surface area contributed by atoms with Gasteiger partial charge < -0.3 is 10.4 Å². The summed E-state index contributed by atoms with van der Waals surface area (Å²) < 4.78 is 0. The zero-order chi connectivity index (χ0) is 13.2. The zero-order valence-electron chi connectivity index (χ0n) is 11.8. The van der Waals surface area contributed by atoms with Crippen molar-refractivity contribution in [3.63, 3.8) is 0 Å². The molecule has 2 unspecified atom stereocenters. The minimum atomic E-state index is -0.605. The number of piperidine rings is 1. The molecule has 0 saturated carbocycles. The minimum absolute atomic E-state index is 0.367. The van der Waals surface area contributed by atoms with Crippen molar-refractivity contribution in [1.29, 1.82) is 0 Å². The third kappa shape index (κ3) is 3.12. The Bertz CT molecular complexity index is 406. The molecule has 1 aliphatic rings. The number of benzene rings is 1. The molecule has 0 amide bonds. The van der Waals surface area contributed by atoms with Crippen molar-refractivity contribution >= 4 is 0 Å². The van der Waals surface area contributed by atoms with Crippen LogP contribution in [0.25, 0.3) is 0 Å². The zero-order valence-corrected chi connectivity index (χ0v) is 11.8. The van der Waals surface area contributed by atoms with Gasteiger partial charge in [0.1, 0.15) is 0 Å². The Morgan fingerprint density at radius 3 is 2.83 bits per heavy atom. The van der Waals surface area contributed by atoms with Gasteiger partial charge in [0, 0.05) is 18.9 Å². The van der Waals surface area contributed by atoms with Crippen LogP contribution in [-0.4, -0.2) is 23.8 Å². The summed E-state index contributed by atoms with van der Waals surface area (Å²) in [5, 5.41) is 14.2. The molecule has 0 bridgehead atoms. The number of hydrogen-bond donors (Lipinski definition) is 2. The summed E-state index contributed by atoms with van der Waals surface area (Å²) in [5.74, 6) is 0.367. The van der Waals surface area contributed by atoms with E-state index in [0.29, 0.717) is 5.92 Å². The van der Waals surface area contributed by atoms with Crippen LogP contribution >= 0.6 is 0 Å². The summed E-state index contributed by atoms with van der Waals surface area (Å²) in [7, 11) is 0. The van der Waals surface area contributed by atoms with Crippen molar-refractivity contribution in [3.05, 3.63) is 34.9 Å². The summed E-state index contributed by atoms with van der Waals surface area (Å²) in [6.07, 6.45) is 3.06. The lowest BCUT2D eigenvalue weighted by Gasteiger charge is -2.36. The molecule has 0 spiro atoms. The summed E-state index contributed by atoms with van der Waals surface area (Å²) in [6, 6.07) is 6.50. The monoisotopic (exact) mass is 247 g/mol. The van der Waals surface area contributed by atoms with Gasteiger partial charge in [0.15, 0.2) is 0 Å². The van der Waals surface area contributed by atoms with Gasteiger partial charge in [-0.15, -0.1) is 0 Å². The topological polar surface area (TPSA) is 32.3 Å². The summed E-state index contributed by atoms with van der Waals surface area (Å²) in [4.78, 5) is 0. The van der Waals surface area contributed by atoms with Crippen LogP contribution in [-0.2, 0) is 6.42 Å². The lowest BCUT2D eigenvalue weighted by Crippen LogP contribution is -2.45. The first-order valence-electron chi connectivity index (χ1n) is 6.98. The van der Waals surface area contributed by atoms with Crippen molar-refractivity contribution in [2.75, 3.05) is 13.1 Å². The maximum atomic E-state index is 10.8. The van der Waals surface area contributed by atoms with Gasteiger partial charge in [-0.2, -0.15) is 0 Å². The highest BCUT2D eigenvalue weighted by Crippen LogP contribution is 2.28. The van der Waals surface area contributed by atoms with Gasteiger partial charge in [-0.25, -0.2) is 0 Å². The molecule has 1 heterocycles. The Kier molecular flexibility index (Phi) is 4.08. The van der Waals surface area contributed by atoms with Gasteiger partial charge >= 0.3 is 0 Å². The molecule has 18 heavy (non-hydrogen) atoms. The summed E-state index contributed by atoms with van der Waals surface area (Å²) in [5.41, 5.74) is 3.23. The van der Waals surface area contributed by atoms with Crippen molar-refractivity contribution < 1.29 is 5.11 Å². The number of rotatable bonds is 3. The van der Waals surface area contributed by atoms with E-state index in [9.17, 15) is 5.11 Å². The lowest BCUT2D eigenvalue weighted by molar-refractivity contribution is -0.0103. The minimum Gasteiger partial charge on any atom is -0.389 e. The van der Waals surface area contributed by atoms with E-state index < -0.39 is 5.60 Å². The third-order valence-corrected chi connectivity index (χ3v) is 4.23. The average molecular weight is 247 g/mol. The molecule has 1 fully saturated rings. The van der Waals surface area contributed by atoms with E-state index in [-0.39, 0.29) is 0 Å². The molecule has 2 rings (SSSR count). The molecule has 1 aliphatic heterocycles. The predicted octanol–water partition coefficient (Wildman–Crippen LogP) is 2.60. The fourth-order valence-corrected chi connectivity index (χ4v) is 2.90. The normalized spacial score (nSPS) is 23.7. The van der Waals surface area contributed by atoms with Crippen LogP contribution in [0.3, 0.4) is 0 Å². The maximum absolute atomic E-state index is 10.8. The molecule has 1 saturated heterocycles. The molecule has 0 radical (unpaired) electrons.